The van der Waals surface area contributed by atoms with E-state index >= 15 is 0 Å². The number of carbonyl (C=O) groups is 1. The number of hydrogen-bond donors (Lipinski definition) is 1. The lowest BCUT2D eigenvalue weighted by molar-refractivity contribution is 0.102. The third-order valence-electron chi connectivity index (χ3n) is 2.74. The lowest BCUT2D eigenvalue weighted by Gasteiger charge is -2.04. The van der Waals surface area contributed by atoms with Crippen LogP contribution in [0.5, 0.6) is 0 Å². The average Bonchev–Trinajstić information content (AvgIpc) is 2.57. The molecule has 3 heterocycles. The molecule has 0 bridgehead atoms. The van der Waals surface area contributed by atoms with Crippen LogP contribution < -0.4 is 5.32 Å². The van der Waals surface area contributed by atoms with Crippen LogP contribution in [0, 0.1) is 0 Å². The van der Waals surface area contributed by atoms with Gasteiger partial charge in [0.2, 0.25) is 5.95 Å². The summed E-state index contributed by atoms with van der Waals surface area (Å²) >= 11 is 0. The lowest BCUT2D eigenvalue weighted by atomic mass is 10.2. The molecule has 3 aromatic heterocycles. The molecule has 0 atom stereocenters. The zero-order valence-corrected chi connectivity index (χ0v) is 11.0. The summed E-state index contributed by atoms with van der Waals surface area (Å²) in [6.45, 7) is 0. The number of nitrogens with zero attached hydrogens (tertiary/aromatic N) is 4. The molecule has 0 aliphatic heterocycles. The first-order valence-electron chi connectivity index (χ1n) is 6.29. The number of nitrogens with one attached hydrogen (secondary N) is 1. The fraction of sp³-hybridized carbons (Fsp3) is 0. The van der Waals surface area contributed by atoms with Gasteiger partial charge in [-0.3, -0.25) is 20.1 Å². The summed E-state index contributed by atoms with van der Waals surface area (Å²) in [4.78, 5) is 28.3. The van der Waals surface area contributed by atoms with Gasteiger partial charge < -0.3 is 0 Å². The number of rotatable bonds is 3. The van der Waals surface area contributed by atoms with Gasteiger partial charge in [0.15, 0.2) is 0 Å². The minimum absolute atomic E-state index is 0.260. The van der Waals surface area contributed by atoms with Crippen molar-refractivity contribution in [3.63, 3.8) is 0 Å². The van der Waals surface area contributed by atoms with Crippen molar-refractivity contribution in [1.82, 2.24) is 19.9 Å². The van der Waals surface area contributed by atoms with Crippen LogP contribution in [0.15, 0.2) is 61.2 Å². The van der Waals surface area contributed by atoms with Crippen LogP contribution in [0.2, 0.25) is 0 Å². The summed E-state index contributed by atoms with van der Waals surface area (Å²) in [6, 6.07) is 10.7. The molecule has 21 heavy (non-hydrogen) atoms. The SMILES string of the molecule is O=C(Nc1ncccn1)c1ccc(-c2ccccn2)nc1. The van der Waals surface area contributed by atoms with Gasteiger partial charge in [-0.25, -0.2) is 9.97 Å². The Morgan fingerprint density at radius 1 is 0.810 bits per heavy atom. The predicted octanol–water partition coefficient (Wildman–Crippen LogP) is 2.19. The largest absolute Gasteiger partial charge is 0.290 e. The molecule has 0 aliphatic carbocycles. The molecule has 0 saturated carbocycles. The molecule has 3 aromatic rings. The van der Waals surface area contributed by atoms with E-state index in [1.165, 1.54) is 6.20 Å². The highest BCUT2D eigenvalue weighted by atomic mass is 16.1. The maximum Gasteiger partial charge on any atom is 0.259 e. The fourth-order valence-electron chi connectivity index (χ4n) is 1.73. The van der Waals surface area contributed by atoms with Crippen molar-refractivity contribution in [2.24, 2.45) is 0 Å². The van der Waals surface area contributed by atoms with Crippen LogP contribution in [-0.4, -0.2) is 25.8 Å². The van der Waals surface area contributed by atoms with Crippen LogP contribution in [0.25, 0.3) is 11.4 Å². The predicted molar refractivity (Wildman–Crippen MR) is 77.5 cm³/mol. The molecular weight excluding hydrogens is 266 g/mol. The second-order valence-electron chi connectivity index (χ2n) is 4.17. The first-order valence-corrected chi connectivity index (χ1v) is 6.29. The van der Waals surface area contributed by atoms with Crippen molar-refractivity contribution in [3.05, 3.63) is 66.7 Å². The molecule has 102 valence electrons. The Balaban J connectivity index is 1.77. The van der Waals surface area contributed by atoms with Gasteiger partial charge in [-0.05, 0) is 30.3 Å². The zero-order valence-electron chi connectivity index (χ0n) is 11.0. The van der Waals surface area contributed by atoms with E-state index in [0.29, 0.717) is 11.3 Å². The van der Waals surface area contributed by atoms with E-state index in [4.69, 9.17) is 0 Å². The van der Waals surface area contributed by atoms with Crippen LogP contribution in [0.4, 0.5) is 5.95 Å². The monoisotopic (exact) mass is 277 g/mol. The summed E-state index contributed by atoms with van der Waals surface area (Å²) < 4.78 is 0. The van der Waals surface area contributed by atoms with Gasteiger partial charge in [0, 0.05) is 24.8 Å². The zero-order chi connectivity index (χ0) is 14.5. The van der Waals surface area contributed by atoms with Crippen LogP contribution in [0.1, 0.15) is 10.4 Å². The van der Waals surface area contributed by atoms with E-state index in [1.54, 1.807) is 36.8 Å². The van der Waals surface area contributed by atoms with Gasteiger partial charge in [0.05, 0.1) is 17.0 Å². The molecule has 0 radical (unpaired) electrons. The minimum atomic E-state index is -0.304. The Kier molecular flexibility index (Phi) is 3.60. The van der Waals surface area contributed by atoms with Crippen molar-refractivity contribution >= 4 is 11.9 Å². The first kappa shape index (κ1) is 12.9. The molecule has 1 amide bonds. The maximum absolute atomic E-state index is 12.0. The van der Waals surface area contributed by atoms with Crippen LogP contribution in [-0.2, 0) is 0 Å². The van der Waals surface area contributed by atoms with Gasteiger partial charge in [-0.1, -0.05) is 6.07 Å². The molecule has 0 saturated heterocycles. The lowest BCUT2D eigenvalue weighted by Crippen LogP contribution is -2.14. The number of pyridine rings is 2. The van der Waals surface area contributed by atoms with E-state index in [1.807, 2.05) is 18.2 Å². The number of aromatic nitrogens is 4. The van der Waals surface area contributed by atoms with Crippen molar-refractivity contribution in [2.45, 2.75) is 0 Å². The molecule has 3 rings (SSSR count). The van der Waals surface area contributed by atoms with Crippen molar-refractivity contribution in [1.29, 1.82) is 0 Å². The number of carbonyl (C=O) groups excluding carboxylic acids is 1. The van der Waals surface area contributed by atoms with Crippen LogP contribution in [0.3, 0.4) is 0 Å². The van der Waals surface area contributed by atoms with E-state index in [9.17, 15) is 4.79 Å². The van der Waals surface area contributed by atoms with E-state index < -0.39 is 0 Å². The van der Waals surface area contributed by atoms with Crippen LogP contribution >= 0.6 is 0 Å². The third kappa shape index (κ3) is 3.06. The third-order valence-corrected chi connectivity index (χ3v) is 2.74. The summed E-state index contributed by atoms with van der Waals surface area (Å²) in [7, 11) is 0. The van der Waals surface area contributed by atoms with Crippen molar-refractivity contribution in [3.8, 4) is 11.4 Å². The second-order valence-corrected chi connectivity index (χ2v) is 4.17. The summed E-state index contributed by atoms with van der Waals surface area (Å²) in [5.74, 6) is -0.0439. The van der Waals surface area contributed by atoms with Gasteiger partial charge >= 0.3 is 0 Å². The maximum atomic E-state index is 12.0. The van der Waals surface area contributed by atoms with Gasteiger partial charge in [-0.15, -0.1) is 0 Å². The molecule has 0 spiro atoms. The van der Waals surface area contributed by atoms with Gasteiger partial charge in [0.1, 0.15) is 0 Å². The highest BCUT2D eigenvalue weighted by Gasteiger charge is 2.08. The highest BCUT2D eigenvalue weighted by molar-refractivity contribution is 6.03. The molecule has 1 N–H and O–H groups in total. The molecule has 0 aromatic carbocycles. The van der Waals surface area contributed by atoms with E-state index in [2.05, 4.69) is 25.3 Å². The van der Waals surface area contributed by atoms with Crippen molar-refractivity contribution < 1.29 is 4.79 Å². The standard InChI is InChI=1S/C15H11N5O/c21-14(20-15-17-8-3-9-18-15)11-5-6-13(19-10-11)12-4-1-2-7-16-12/h1-10H,(H,17,18,20,21). The number of amides is 1. The molecule has 0 fully saturated rings. The Labute approximate surface area is 121 Å². The van der Waals surface area contributed by atoms with Crippen molar-refractivity contribution in [2.75, 3.05) is 5.32 Å². The van der Waals surface area contributed by atoms with E-state index in [-0.39, 0.29) is 11.9 Å². The fourth-order valence-corrected chi connectivity index (χ4v) is 1.73. The Morgan fingerprint density at radius 2 is 1.57 bits per heavy atom. The average molecular weight is 277 g/mol. The summed E-state index contributed by atoms with van der Waals surface area (Å²) in [5.41, 5.74) is 1.90. The normalized spacial score (nSPS) is 10.1. The molecular formula is C15H11N5O. The Morgan fingerprint density at radius 3 is 2.24 bits per heavy atom. The van der Waals surface area contributed by atoms with Gasteiger partial charge in [-0.2, -0.15) is 0 Å². The highest BCUT2D eigenvalue weighted by Crippen LogP contribution is 2.13. The molecule has 6 heteroatoms. The topological polar surface area (TPSA) is 80.7 Å². The summed E-state index contributed by atoms with van der Waals surface area (Å²) in [5, 5.41) is 2.60. The number of hydrogen-bond acceptors (Lipinski definition) is 5. The molecule has 6 nitrogen and oxygen atoms in total. The molecule has 0 aliphatic rings. The Bertz CT molecular complexity index is 729. The summed E-state index contributed by atoms with van der Waals surface area (Å²) in [6.07, 6.45) is 6.32. The van der Waals surface area contributed by atoms with Gasteiger partial charge in [0.25, 0.3) is 5.91 Å². The van der Waals surface area contributed by atoms with E-state index in [0.717, 1.165) is 5.69 Å². The number of anilines is 1. The smallest absolute Gasteiger partial charge is 0.259 e. The Hall–Kier alpha value is -3.15. The quantitative estimate of drug-likeness (QED) is 0.793. The minimum Gasteiger partial charge on any atom is -0.290 e. The second kappa shape index (κ2) is 5.87. The first-order chi connectivity index (χ1) is 10.3. The molecule has 0 unspecified atom stereocenters.